The number of aliphatic imine (C=N–C) groups is 1. The van der Waals surface area contributed by atoms with Gasteiger partial charge in [-0.2, -0.15) is 11.8 Å². The van der Waals surface area contributed by atoms with Gasteiger partial charge in [-0.1, -0.05) is 6.42 Å². The van der Waals surface area contributed by atoms with Gasteiger partial charge in [-0.15, -0.1) is 24.0 Å². The zero-order chi connectivity index (χ0) is 15.8. The molecule has 2 unspecified atom stereocenters. The maximum Gasteiger partial charge on any atom is 0.191 e. The van der Waals surface area contributed by atoms with Crippen LogP contribution in [0.2, 0.25) is 0 Å². The number of ether oxygens (including phenoxy) is 1. The van der Waals surface area contributed by atoms with Gasteiger partial charge in [0, 0.05) is 43.9 Å². The lowest BCUT2D eigenvalue weighted by atomic mass is 9.94. The summed E-state index contributed by atoms with van der Waals surface area (Å²) in [5.41, 5.74) is -0.699. The lowest BCUT2D eigenvalue weighted by molar-refractivity contribution is -0.0566. The van der Waals surface area contributed by atoms with Gasteiger partial charge in [-0.25, -0.2) is 0 Å². The molecule has 0 bridgehead atoms. The summed E-state index contributed by atoms with van der Waals surface area (Å²) in [6.07, 6.45) is 8.56. The maximum absolute atomic E-state index is 10.5. The minimum atomic E-state index is -0.699. The highest BCUT2D eigenvalue weighted by molar-refractivity contribution is 14.0. The van der Waals surface area contributed by atoms with Crippen molar-refractivity contribution in [3.05, 3.63) is 0 Å². The maximum atomic E-state index is 10.5. The van der Waals surface area contributed by atoms with Crippen molar-refractivity contribution in [3.8, 4) is 0 Å². The molecule has 5 nitrogen and oxygen atoms in total. The first kappa shape index (κ1) is 21.3. The van der Waals surface area contributed by atoms with E-state index in [2.05, 4.69) is 28.8 Å². The van der Waals surface area contributed by atoms with Gasteiger partial charge in [0.15, 0.2) is 5.96 Å². The van der Waals surface area contributed by atoms with E-state index in [1.165, 1.54) is 25.7 Å². The second-order valence-corrected chi connectivity index (χ2v) is 7.54. The quantitative estimate of drug-likeness (QED) is 0.336. The van der Waals surface area contributed by atoms with Crippen LogP contribution in [0, 0.1) is 0 Å². The highest BCUT2D eigenvalue weighted by atomic mass is 127. The molecular formula is C16H32IN3O2S. The fraction of sp³-hybridized carbons (Fsp3) is 0.938. The summed E-state index contributed by atoms with van der Waals surface area (Å²) < 4.78 is 5.32. The summed E-state index contributed by atoms with van der Waals surface area (Å²) in [4.78, 5) is 4.64. The molecule has 0 aromatic rings. The van der Waals surface area contributed by atoms with Crippen molar-refractivity contribution >= 4 is 41.7 Å². The molecule has 1 aliphatic carbocycles. The van der Waals surface area contributed by atoms with Crippen LogP contribution in [0.4, 0.5) is 0 Å². The molecule has 1 saturated heterocycles. The molecule has 2 atom stereocenters. The summed E-state index contributed by atoms with van der Waals surface area (Å²) in [6, 6.07) is 0.494. The summed E-state index contributed by atoms with van der Waals surface area (Å²) in [5.74, 6) is 0.842. The van der Waals surface area contributed by atoms with Gasteiger partial charge in [0.05, 0.1) is 12.1 Å². The number of halogens is 1. The zero-order valence-electron chi connectivity index (χ0n) is 14.3. The summed E-state index contributed by atoms with van der Waals surface area (Å²) in [5, 5.41) is 18.2. The molecule has 3 N–H and O–H groups in total. The number of guanidine groups is 1. The predicted molar refractivity (Wildman–Crippen MR) is 109 cm³/mol. The van der Waals surface area contributed by atoms with Crippen LogP contribution < -0.4 is 10.6 Å². The van der Waals surface area contributed by atoms with Gasteiger partial charge in [0.2, 0.25) is 0 Å². The Hall–Kier alpha value is 0.270. The minimum Gasteiger partial charge on any atom is -0.388 e. The number of rotatable bonds is 5. The number of aliphatic hydroxyl groups is 1. The largest absolute Gasteiger partial charge is 0.388 e. The highest BCUT2D eigenvalue weighted by Crippen LogP contribution is 2.27. The number of hydrogen-bond donors (Lipinski definition) is 3. The number of thioether (sulfide) groups is 1. The van der Waals surface area contributed by atoms with Crippen LogP contribution in [0.15, 0.2) is 4.99 Å². The van der Waals surface area contributed by atoms with Gasteiger partial charge < -0.3 is 20.5 Å². The fourth-order valence-corrected chi connectivity index (χ4v) is 3.97. The van der Waals surface area contributed by atoms with Crippen molar-refractivity contribution in [3.63, 3.8) is 0 Å². The Balaban J connectivity index is 0.00000264. The molecule has 0 aromatic carbocycles. The van der Waals surface area contributed by atoms with Crippen LogP contribution in [0.25, 0.3) is 0 Å². The lowest BCUT2D eigenvalue weighted by Crippen LogP contribution is -2.47. The Kier molecular flexibility index (Phi) is 10.2. The third kappa shape index (κ3) is 7.36. The van der Waals surface area contributed by atoms with E-state index in [4.69, 9.17) is 4.74 Å². The molecule has 1 aliphatic heterocycles. The molecule has 0 aromatic heterocycles. The Labute approximate surface area is 161 Å². The summed E-state index contributed by atoms with van der Waals surface area (Å²) in [7, 11) is 0. The SMILES string of the molecule is CCNC(=NCC1(O)CCOCC1)NC1CCCC(SC)C1.I. The van der Waals surface area contributed by atoms with Crippen molar-refractivity contribution in [2.45, 2.75) is 62.3 Å². The van der Waals surface area contributed by atoms with E-state index in [0.717, 1.165) is 17.8 Å². The lowest BCUT2D eigenvalue weighted by Gasteiger charge is -2.32. The molecule has 136 valence electrons. The van der Waals surface area contributed by atoms with Crippen molar-refractivity contribution in [1.29, 1.82) is 0 Å². The molecule has 23 heavy (non-hydrogen) atoms. The van der Waals surface area contributed by atoms with Crippen LogP contribution in [0.3, 0.4) is 0 Å². The molecule has 0 amide bonds. The minimum absolute atomic E-state index is 0. The first-order valence-electron chi connectivity index (χ1n) is 8.53. The molecule has 7 heteroatoms. The molecule has 1 saturated carbocycles. The van der Waals surface area contributed by atoms with Crippen molar-refractivity contribution in [1.82, 2.24) is 10.6 Å². The van der Waals surface area contributed by atoms with E-state index in [9.17, 15) is 5.11 Å². The predicted octanol–water partition coefficient (Wildman–Crippen LogP) is 2.38. The third-order valence-corrected chi connectivity index (χ3v) is 5.69. The molecule has 0 radical (unpaired) electrons. The van der Waals surface area contributed by atoms with E-state index < -0.39 is 5.60 Å². The van der Waals surface area contributed by atoms with Crippen LogP contribution in [0.5, 0.6) is 0 Å². The van der Waals surface area contributed by atoms with Crippen molar-refractivity contribution in [2.75, 3.05) is 32.6 Å². The molecule has 2 aliphatic rings. The Bertz CT molecular complexity index is 365. The van der Waals surface area contributed by atoms with E-state index in [1.54, 1.807) is 0 Å². The van der Waals surface area contributed by atoms with E-state index in [-0.39, 0.29) is 24.0 Å². The number of nitrogens with zero attached hydrogens (tertiary/aromatic N) is 1. The Morgan fingerprint density at radius 2 is 2.09 bits per heavy atom. The van der Waals surface area contributed by atoms with Gasteiger partial charge in [0.25, 0.3) is 0 Å². The standard InChI is InChI=1S/C16H31N3O2S.HI/c1-3-17-15(18-12-16(20)7-9-21-10-8-16)19-13-5-4-6-14(11-13)22-2;/h13-14,20H,3-12H2,1-2H3,(H2,17,18,19);1H. The molecular weight excluding hydrogens is 425 g/mol. The van der Waals surface area contributed by atoms with Gasteiger partial charge in [-0.3, -0.25) is 4.99 Å². The summed E-state index contributed by atoms with van der Waals surface area (Å²) in [6.45, 7) is 4.63. The average Bonchev–Trinajstić information content (AvgIpc) is 2.54. The summed E-state index contributed by atoms with van der Waals surface area (Å²) >= 11 is 1.97. The Morgan fingerprint density at radius 1 is 1.35 bits per heavy atom. The van der Waals surface area contributed by atoms with E-state index in [1.807, 2.05) is 11.8 Å². The molecule has 0 spiro atoms. The van der Waals surface area contributed by atoms with Crippen molar-refractivity contribution in [2.24, 2.45) is 4.99 Å². The normalized spacial score (nSPS) is 27.9. The third-order valence-electron chi connectivity index (χ3n) is 4.60. The van der Waals surface area contributed by atoms with Gasteiger partial charge in [0.1, 0.15) is 0 Å². The van der Waals surface area contributed by atoms with Gasteiger partial charge >= 0.3 is 0 Å². The first-order valence-corrected chi connectivity index (χ1v) is 9.82. The van der Waals surface area contributed by atoms with Crippen LogP contribution in [-0.4, -0.2) is 60.5 Å². The molecule has 2 rings (SSSR count). The van der Waals surface area contributed by atoms with E-state index in [0.29, 0.717) is 38.6 Å². The smallest absolute Gasteiger partial charge is 0.191 e. The average molecular weight is 457 g/mol. The zero-order valence-corrected chi connectivity index (χ0v) is 17.5. The number of hydrogen-bond acceptors (Lipinski definition) is 4. The monoisotopic (exact) mass is 457 g/mol. The molecule has 1 heterocycles. The number of nitrogens with one attached hydrogen (secondary N) is 2. The molecule has 2 fully saturated rings. The highest BCUT2D eigenvalue weighted by Gasteiger charge is 2.30. The second-order valence-electron chi connectivity index (χ2n) is 6.40. The van der Waals surface area contributed by atoms with Crippen LogP contribution in [-0.2, 0) is 4.74 Å². The fourth-order valence-electron chi connectivity index (χ4n) is 3.14. The topological polar surface area (TPSA) is 65.9 Å². The van der Waals surface area contributed by atoms with Crippen LogP contribution in [0.1, 0.15) is 45.4 Å². The second kappa shape index (κ2) is 11.0. The van der Waals surface area contributed by atoms with E-state index >= 15 is 0 Å². The Morgan fingerprint density at radius 3 is 2.74 bits per heavy atom. The van der Waals surface area contributed by atoms with Crippen LogP contribution >= 0.6 is 35.7 Å². The van der Waals surface area contributed by atoms with Crippen molar-refractivity contribution < 1.29 is 9.84 Å². The van der Waals surface area contributed by atoms with Gasteiger partial charge in [-0.05, 0) is 32.4 Å². The first-order chi connectivity index (χ1) is 10.6.